The Bertz CT molecular complexity index is 853. The van der Waals surface area contributed by atoms with E-state index in [2.05, 4.69) is 28.4 Å². The molecule has 1 saturated heterocycles. The molecule has 0 unspecified atom stereocenters. The van der Waals surface area contributed by atoms with Crippen LogP contribution in [-0.4, -0.2) is 50.9 Å². The zero-order chi connectivity index (χ0) is 20.1. The first-order valence-corrected chi connectivity index (χ1v) is 10.2. The second-order valence-electron chi connectivity index (χ2n) is 7.66. The van der Waals surface area contributed by atoms with E-state index < -0.39 is 0 Å². The Morgan fingerprint density at radius 3 is 2.73 bits per heavy atom. The third-order valence-electron chi connectivity index (χ3n) is 5.71. The van der Waals surface area contributed by atoms with Crippen LogP contribution in [0.25, 0.3) is 0 Å². The van der Waals surface area contributed by atoms with Gasteiger partial charge in [0, 0.05) is 18.7 Å². The Hall–Kier alpha value is -2.44. The van der Waals surface area contributed by atoms with E-state index in [1.54, 1.807) is 25.3 Å². The van der Waals surface area contributed by atoms with Crippen LogP contribution in [0.3, 0.4) is 0 Å². The molecule has 0 bridgehead atoms. The Morgan fingerprint density at radius 1 is 1.13 bits per heavy atom. The molecule has 30 heavy (non-hydrogen) atoms. The highest BCUT2D eigenvalue weighted by Gasteiger charge is 2.20. The summed E-state index contributed by atoms with van der Waals surface area (Å²) in [4.78, 5) is 14.8. The number of carbonyl (C=O) groups is 1. The van der Waals surface area contributed by atoms with Gasteiger partial charge in [0.1, 0.15) is 5.75 Å². The summed E-state index contributed by atoms with van der Waals surface area (Å²) in [5.74, 6) is 2.89. The fourth-order valence-electron chi connectivity index (χ4n) is 4.01. The van der Waals surface area contributed by atoms with Crippen LogP contribution in [0.1, 0.15) is 28.8 Å². The maximum atomic E-state index is 12.4. The highest BCUT2D eigenvalue weighted by molar-refractivity contribution is 5.94. The van der Waals surface area contributed by atoms with Gasteiger partial charge >= 0.3 is 0 Å². The Balaban J connectivity index is 0.00000256. The number of benzene rings is 2. The summed E-state index contributed by atoms with van der Waals surface area (Å²) in [6, 6.07) is 13.7. The van der Waals surface area contributed by atoms with Crippen molar-refractivity contribution in [2.45, 2.75) is 19.3 Å². The molecular formula is C23H29ClN2O4. The minimum atomic E-state index is -0.0730. The van der Waals surface area contributed by atoms with Gasteiger partial charge in [-0.1, -0.05) is 12.1 Å². The molecule has 1 fully saturated rings. The summed E-state index contributed by atoms with van der Waals surface area (Å²) in [6.07, 6.45) is 3.48. The molecule has 2 aromatic carbocycles. The topological polar surface area (TPSA) is 60.0 Å². The molecule has 6 nitrogen and oxygen atoms in total. The maximum absolute atomic E-state index is 12.4. The maximum Gasteiger partial charge on any atom is 0.251 e. The van der Waals surface area contributed by atoms with Gasteiger partial charge in [-0.05, 0) is 74.2 Å². The van der Waals surface area contributed by atoms with Gasteiger partial charge in [-0.25, -0.2) is 0 Å². The van der Waals surface area contributed by atoms with E-state index in [1.165, 1.54) is 18.4 Å². The lowest BCUT2D eigenvalue weighted by atomic mass is 9.90. The molecule has 1 N–H and O–H groups in total. The average Bonchev–Trinajstić information content (AvgIpc) is 3.23. The number of carbonyl (C=O) groups excluding carboxylic acids is 1. The van der Waals surface area contributed by atoms with Gasteiger partial charge in [0.25, 0.3) is 5.91 Å². The van der Waals surface area contributed by atoms with Crippen LogP contribution in [-0.2, 0) is 6.42 Å². The molecule has 1 amide bonds. The molecule has 7 heteroatoms. The van der Waals surface area contributed by atoms with Gasteiger partial charge in [-0.2, -0.15) is 0 Å². The zero-order valence-corrected chi connectivity index (χ0v) is 18.1. The lowest BCUT2D eigenvalue weighted by Gasteiger charge is -2.32. The summed E-state index contributed by atoms with van der Waals surface area (Å²) in [5.41, 5.74) is 1.95. The van der Waals surface area contributed by atoms with Gasteiger partial charge in [-0.15, -0.1) is 12.4 Å². The van der Waals surface area contributed by atoms with Crippen LogP contribution in [0.5, 0.6) is 17.2 Å². The van der Waals surface area contributed by atoms with Crippen molar-refractivity contribution in [2.75, 3.05) is 40.1 Å². The number of piperidine rings is 1. The van der Waals surface area contributed by atoms with Crippen molar-refractivity contribution in [3.8, 4) is 17.2 Å². The lowest BCUT2D eigenvalue weighted by molar-refractivity contribution is 0.0943. The number of ether oxygens (including phenoxy) is 3. The second kappa shape index (κ2) is 10.5. The van der Waals surface area contributed by atoms with E-state index in [0.717, 1.165) is 31.8 Å². The van der Waals surface area contributed by atoms with Crippen LogP contribution in [0.15, 0.2) is 42.5 Å². The predicted molar refractivity (Wildman–Crippen MR) is 118 cm³/mol. The molecule has 0 atom stereocenters. The van der Waals surface area contributed by atoms with E-state index in [1.807, 2.05) is 6.07 Å². The number of hydrogen-bond acceptors (Lipinski definition) is 5. The Labute approximate surface area is 183 Å². The molecule has 2 aromatic rings. The number of rotatable bonds is 7. The fraction of sp³-hybridized carbons (Fsp3) is 0.435. The third-order valence-corrected chi connectivity index (χ3v) is 5.71. The summed E-state index contributed by atoms with van der Waals surface area (Å²) in [5, 5.41) is 3.01. The first-order valence-electron chi connectivity index (χ1n) is 10.2. The molecular weight excluding hydrogens is 404 g/mol. The molecule has 0 aliphatic carbocycles. The molecule has 0 saturated carbocycles. The molecule has 2 heterocycles. The zero-order valence-electron chi connectivity index (χ0n) is 17.3. The monoisotopic (exact) mass is 432 g/mol. The van der Waals surface area contributed by atoms with Crippen molar-refractivity contribution in [1.29, 1.82) is 0 Å². The van der Waals surface area contributed by atoms with E-state index >= 15 is 0 Å². The SMILES string of the molecule is COc1cccc(CC2CCN(CCNC(=O)c3ccc4c(c3)OCO4)CC2)c1.Cl. The Kier molecular flexibility index (Phi) is 7.82. The van der Waals surface area contributed by atoms with Crippen molar-refractivity contribution < 1.29 is 19.0 Å². The summed E-state index contributed by atoms with van der Waals surface area (Å²) in [7, 11) is 1.71. The number of nitrogens with zero attached hydrogens (tertiary/aromatic N) is 1. The molecule has 0 spiro atoms. The van der Waals surface area contributed by atoms with Gasteiger partial charge in [0.05, 0.1) is 7.11 Å². The molecule has 4 rings (SSSR count). The summed E-state index contributed by atoms with van der Waals surface area (Å²) < 4.78 is 15.9. The first kappa shape index (κ1) is 22.2. The fourth-order valence-corrected chi connectivity index (χ4v) is 4.01. The standard InChI is InChI=1S/C23H28N2O4.ClH/c1-27-20-4-2-3-18(14-20)13-17-7-10-25(11-8-17)12-9-24-23(26)19-5-6-21-22(15-19)29-16-28-21;/h2-6,14-15,17H,7-13,16H2,1H3,(H,24,26);1H. The number of hydrogen-bond donors (Lipinski definition) is 1. The second-order valence-corrected chi connectivity index (χ2v) is 7.66. The highest BCUT2D eigenvalue weighted by atomic mass is 35.5. The van der Waals surface area contributed by atoms with Crippen LogP contribution in [0.2, 0.25) is 0 Å². The van der Waals surface area contributed by atoms with E-state index in [-0.39, 0.29) is 25.1 Å². The minimum Gasteiger partial charge on any atom is -0.497 e. The van der Waals surface area contributed by atoms with Crippen molar-refractivity contribution in [1.82, 2.24) is 10.2 Å². The minimum absolute atomic E-state index is 0. The smallest absolute Gasteiger partial charge is 0.251 e. The summed E-state index contributed by atoms with van der Waals surface area (Å²) in [6.45, 7) is 3.90. The van der Waals surface area contributed by atoms with Gasteiger partial charge in [-0.3, -0.25) is 4.79 Å². The van der Waals surface area contributed by atoms with Crippen molar-refractivity contribution in [3.63, 3.8) is 0 Å². The van der Waals surface area contributed by atoms with E-state index in [4.69, 9.17) is 14.2 Å². The first-order chi connectivity index (χ1) is 14.2. The number of fused-ring (bicyclic) bond motifs is 1. The van der Waals surface area contributed by atoms with Crippen LogP contribution in [0, 0.1) is 5.92 Å². The number of amides is 1. The number of likely N-dealkylation sites (tertiary alicyclic amines) is 1. The van der Waals surface area contributed by atoms with Gasteiger partial charge in [0.15, 0.2) is 11.5 Å². The van der Waals surface area contributed by atoms with Crippen LogP contribution >= 0.6 is 12.4 Å². The molecule has 162 valence electrons. The average molecular weight is 433 g/mol. The van der Waals surface area contributed by atoms with Crippen molar-refractivity contribution in [2.24, 2.45) is 5.92 Å². The predicted octanol–water partition coefficient (Wildman–Crippen LogP) is 3.53. The molecule has 0 aromatic heterocycles. The quantitative estimate of drug-likeness (QED) is 0.725. The molecule has 2 aliphatic rings. The summed E-state index contributed by atoms with van der Waals surface area (Å²) >= 11 is 0. The van der Waals surface area contributed by atoms with Crippen LogP contribution in [0.4, 0.5) is 0 Å². The molecule has 0 radical (unpaired) electrons. The molecule has 2 aliphatic heterocycles. The largest absolute Gasteiger partial charge is 0.497 e. The number of halogens is 1. The van der Waals surface area contributed by atoms with Gasteiger partial charge in [0.2, 0.25) is 6.79 Å². The normalized spacial score (nSPS) is 16.0. The Morgan fingerprint density at radius 2 is 1.93 bits per heavy atom. The van der Waals surface area contributed by atoms with Crippen molar-refractivity contribution in [3.05, 3.63) is 53.6 Å². The lowest BCUT2D eigenvalue weighted by Crippen LogP contribution is -2.39. The number of nitrogens with one attached hydrogen (secondary N) is 1. The van der Waals surface area contributed by atoms with E-state index in [0.29, 0.717) is 29.5 Å². The van der Waals surface area contributed by atoms with Crippen molar-refractivity contribution >= 4 is 18.3 Å². The third kappa shape index (κ3) is 5.58. The van der Waals surface area contributed by atoms with Gasteiger partial charge < -0.3 is 24.4 Å². The number of methoxy groups -OCH3 is 1. The highest BCUT2D eigenvalue weighted by Crippen LogP contribution is 2.32. The van der Waals surface area contributed by atoms with E-state index in [9.17, 15) is 4.79 Å². The van der Waals surface area contributed by atoms with Crippen LogP contribution < -0.4 is 19.5 Å².